The van der Waals surface area contributed by atoms with Gasteiger partial charge in [-0.2, -0.15) is 0 Å². The molecule has 2 aromatic carbocycles. The van der Waals surface area contributed by atoms with Crippen molar-refractivity contribution in [2.24, 2.45) is 0 Å². The molecule has 0 unspecified atom stereocenters. The molecule has 5 heteroatoms. The van der Waals surface area contributed by atoms with Gasteiger partial charge in [0.15, 0.2) is 0 Å². The summed E-state index contributed by atoms with van der Waals surface area (Å²) in [6.45, 7) is 5.81. The van der Waals surface area contributed by atoms with Gasteiger partial charge in [-0.25, -0.2) is 4.79 Å². The van der Waals surface area contributed by atoms with Crippen LogP contribution < -0.4 is 0 Å². The van der Waals surface area contributed by atoms with Gasteiger partial charge in [-0.3, -0.25) is 4.90 Å². The van der Waals surface area contributed by atoms with E-state index in [0.29, 0.717) is 13.0 Å². The fourth-order valence-corrected chi connectivity index (χ4v) is 2.97. The summed E-state index contributed by atoms with van der Waals surface area (Å²) in [6, 6.07) is 17.5. The van der Waals surface area contributed by atoms with Gasteiger partial charge >= 0.3 is 6.09 Å². The van der Waals surface area contributed by atoms with Gasteiger partial charge in [-0.05, 0) is 73.0 Å². The SMILES string of the molecule is CC(C)(C)OC(=O)N(Cc1ccccc1)[C@H](CO)Cc1ccc(I)cc1. The third-order valence-corrected chi connectivity index (χ3v) is 4.58. The van der Waals surface area contributed by atoms with E-state index in [2.05, 4.69) is 22.6 Å². The Morgan fingerprint density at radius 2 is 1.69 bits per heavy atom. The Balaban J connectivity index is 2.23. The molecule has 26 heavy (non-hydrogen) atoms. The summed E-state index contributed by atoms with van der Waals surface area (Å²) in [5.41, 5.74) is 1.49. The van der Waals surface area contributed by atoms with E-state index in [4.69, 9.17) is 4.74 Å². The van der Waals surface area contributed by atoms with Crippen LogP contribution in [0.1, 0.15) is 31.9 Å². The lowest BCUT2D eigenvalue weighted by Crippen LogP contribution is -2.45. The highest BCUT2D eigenvalue weighted by molar-refractivity contribution is 14.1. The maximum Gasteiger partial charge on any atom is 0.410 e. The van der Waals surface area contributed by atoms with Crippen LogP contribution in [-0.2, 0) is 17.7 Å². The number of halogens is 1. The number of rotatable bonds is 6. The number of carbonyl (C=O) groups excluding carboxylic acids is 1. The van der Waals surface area contributed by atoms with Crippen molar-refractivity contribution in [2.45, 2.75) is 45.4 Å². The van der Waals surface area contributed by atoms with Crippen molar-refractivity contribution in [1.82, 2.24) is 4.90 Å². The molecule has 2 aromatic rings. The van der Waals surface area contributed by atoms with E-state index < -0.39 is 11.7 Å². The molecule has 0 radical (unpaired) electrons. The third kappa shape index (κ3) is 6.61. The molecule has 0 aromatic heterocycles. The van der Waals surface area contributed by atoms with Gasteiger partial charge in [0.1, 0.15) is 5.60 Å². The minimum absolute atomic E-state index is 0.127. The quantitative estimate of drug-likeness (QED) is 0.631. The monoisotopic (exact) mass is 467 g/mol. The van der Waals surface area contributed by atoms with Crippen molar-refractivity contribution in [2.75, 3.05) is 6.61 Å². The molecule has 1 amide bonds. The Kier molecular flexibility index (Phi) is 7.46. The largest absolute Gasteiger partial charge is 0.444 e. The van der Waals surface area contributed by atoms with E-state index >= 15 is 0 Å². The second-order valence-corrected chi connectivity index (χ2v) is 8.51. The molecule has 2 rings (SSSR count). The van der Waals surface area contributed by atoms with Crippen LogP contribution in [0.5, 0.6) is 0 Å². The summed E-state index contributed by atoms with van der Waals surface area (Å²) in [5, 5.41) is 9.99. The van der Waals surface area contributed by atoms with Crippen LogP contribution in [0.2, 0.25) is 0 Å². The molecule has 0 fully saturated rings. The van der Waals surface area contributed by atoms with Gasteiger partial charge in [0.05, 0.1) is 12.6 Å². The van der Waals surface area contributed by atoms with Crippen LogP contribution in [0, 0.1) is 3.57 Å². The van der Waals surface area contributed by atoms with E-state index in [9.17, 15) is 9.90 Å². The molecule has 0 aliphatic carbocycles. The molecule has 0 aliphatic heterocycles. The lowest BCUT2D eigenvalue weighted by Gasteiger charge is -2.33. The zero-order valence-corrected chi connectivity index (χ0v) is 17.6. The van der Waals surface area contributed by atoms with Crippen molar-refractivity contribution < 1.29 is 14.6 Å². The highest BCUT2D eigenvalue weighted by Crippen LogP contribution is 2.18. The van der Waals surface area contributed by atoms with Crippen molar-refractivity contribution in [1.29, 1.82) is 0 Å². The van der Waals surface area contributed by atoms with Gasteiger partial charge in [-0.15, -0.1) is 0 Å². The average molecular weight is 467 g/mol. The fourth-order valence-electron chi connectivity index (χ4n) is 2.61. The highest BCUT2D eigenvalue weighted by Gasteiger charge is 2.28. The van der Waals surface area contributed by atoms with Crippen LogP contribution in [0.3, 0.4) is 0 Å². The fraction of sp³-hybridized carbons (Fsp3) is 0.381. The number of aliphatic hydroxyl groups is 1. The van der Waals surface area contributed by atoms with E-state index in [0.717, 1.165) is 14.7 Å². The topological polar surface area (TPSA) is 49.8 Å². The van der Waals surface area contributed by atoms with Crippen LogP contribution in [-0.4, -0.2) is 34.3 Å². The molecule has 1 atom stereocenters. The number of carbonyl (C=O) groups is 1. The Morgan fingerprint density at radius 3 is 2.23 bits per heavy atom. The van der Waals surface area contributed by atoms with Gasteiger partial charge < -0.3 is 9.84 Å². The van der Waals surface area contributed by atoms with Crippen LogP contribution in [0.4, 0.5) is 4.79 Å². The molecule has 0 saturated carbocycles. The van der Waals surface area contributed by atoms with Crippen molar-refractivity contribution >= 4 is 28.7 Å². The average Bonchev–Trinajstić information content (AvgIpc) is 2.59. The molecule has 0 heterocycles. The van der Waals surface area contributed by atoms with Crippen LogP contribution in [0.15, 0.2) is 54.6 Å². The number of hydrogen-bond donors (Lipinski definition) is 1. The van der Waals surface area contributed by atoms with E-state index in [1.807, 2.05) is 75.4 Å². The van der Waals surface area contributed by atoms with Crippen LogP contribution in [0.25, 0.3) is 0 Å². The lowest BCUT2D eigenvalue weighted by molar-refractivity contribution is 0.00697. The molecule has 4 nitrogen and oxygen atoms in total. The molecule has 1 N–H and O–H groups in total. The van der Waals surface area contributed by atoms with Gasteiger partial charge in [-0.1, -0.05) is 42.5 Å². The number of nitrogens with zero attached hydrogens (tertiary/aromatic N) is 1. The predicted molar refractivity (Wildman–Crippen MR) is 112 cm³/mol. The summed E-state index contributed by atoms with van der Waals surface area (Å²) in [6.07, 6.45) is 0.158. The number of benzene rings is 2. The summed E-state index contributed by atoms with van der Waals surface area (Å²) >= 11 is 2.26. The molecule has 0 bridgehead atoms. The summed E-state index contributed by atoms with van der Waals surface area (Å²) in [5.74, 6) is 0. The van der Waals surface area contributed by atoms with E-state index in [-0.39, 0.29) is 12.6 Å². The first kappa shape index (κ1) is 20.7. The third-order valence-electron chi connectivity index (χ3n) is 3.86. The molecule has 0 spiro atoms. The summed E-state index contributed by atoms with van der Waals surface area (Å²) < 4.78 is 6.74. The highest BCUT2D eigenvalue weighted by atomic mass is 127. The Hall–Kier alpha value is -1.60. The maximum absolute atomic E-state index is 12.8. The van der Waals surface area contributed by atoms with Crippen molar-refractivity contribution in [3.8, 4) is 0 Å². The number of hydrogen-bond acceptors (Lipinski definition) is 3. The maximum atomic E-state index is 12.8. The smallest absolute Gasteiger partial charge is 0.410 e. The first-order chi connectivity index (χ1) is 12.3. The van der Waals surface area contributed by atoms with Crippen LogP contribution >= 0.6 is 22.6 Å². The van der Waals surface area contributed by atoms with E-state index in [1.54, 1.807) is 4.90 Å². The van der Waals surface area contributed by atoms with Crippen molar-refractivity contribution in [3.05, 3.63) is 69.3 Å². The number of amides is 1. The zero-order chi connectivity index (χ0) is 19.2. The minimum atomic E-state index is -0.588. The second kappa shape index (κ2) is 9.37. The predicted octanol–water partition coefficient (Wildman–Crippen LogP) is 4.63. The summed E-state index contributed by atoms with van der Waals surface area (Å²) in [7, 11) is 0. The summed E-state index contributed by atoms with van der Waals surface area (Å²) in [4.78, 5) is 14.4. The first-order valence-corrected chi connectivity index (χ1v) is 9.75. The van der Waals surface area contributed by atoms with Gasteiger partial charge in [0.25, 0.3) is 0 Å². The van der Waals surface area contributed by atoms with Gasteiger partial charge in [0.2, 0.25) is 0 Å². The first-order valence-electron chi connectivity index (χ1n) is 8.67. The standard InChI is InChI=1S/C21H26INO3/c1-21(2,3)26-20(25)23(14-17-7-5-4-6-8-17)19(15-24)13-16-9-11-18(22)12-10-16/h4-12,19,24H,13-15H2,1-3H3/t19-/m0/s1. The van der Waals surface area contributed by atoms with Gasteiger partial charge in [0, 0.05) is 10.1 Å². The van der Waals surface area contributed by atoms with E-state index in [1.165, 1.54) is 0 Å². The molecule has 140 valence electrons. The molecular formula is C21H26INO3. The minimum Gasteiger partial charge on any atom is -0.444 e. The normalized spacial score (nSPS) is 12.5. The number of aliphatic hydroxyl groups excluding tert-OH is 1. The number of ether oxygens (including phenoxy) is 1. The Bertz CT molecular complexity index is 695. The van der Waals surface area contributed by atoms with Crippen molar-refractivity contribution in [3.63, 3.8) is 0 Å². The second-order valence-electron chi connectivity index (χ2n) is 7.26. The zero-order valence-electron chi connectivity index (χ0n) is 15.5. The Morgan fingerprint density at radius 1 is 1.08 bits per heavy atom. The Labute approximate surface area is 169 Å². The molecule has 0 aliphatic rings. The molecular weight excluding hydrogens is 441 g/mol. The lowest BCUT2D eigenvalue weighted by atomic mass is 10.0. The molecule has 0 saturated heterocycles.